The first-order chi connectivity index (χ1) is 67.0. The first kappa shape index (κ1) is 81.9. The van der Waals surface area contributed by atoms with E-state index in [4.69, 9.17) is 0 Å². The second-order valence-electron chi connectivity index (χ2n) is 43.2. The molecule has 0 unspecified atom stereocenters. The monoisotopic (exact) mass is 1760 g/mol. The number of hydrogen-bond donors (Lipinski definition) is 0. The van der Waals surface area contributed by atoms with Crippen molar-refractivity contribution >= 4 is 64.6 Å². The molecule has 22 aromatic rings. The van der Waals surface area contributed by atoms with E-state index >= 15 is 0 Å². The van der Waals surface area contributed by atoms with Crippen LogP contribution in [0.2, 0.25) is 0 Å². The Morgan fingerprint density at radius 1 is 0.116 bits per heavy atom. The molecule has 0 N–H and O–H groups in total. The molecule has 0 aliphatic heterocycles. The highest BCUT2D eigenvalue weighted by Crippen LogP contribution is 2.61. The Kier molecular flexibility index (Phi) is 17.5. The van der Waals surface area contributed by atoms with Crippen molar-refractivity contribution < 1.29 is 0 Å². The number of hydrogen-bond acceptors (Lipinski definition) is 0. The van der Waals surface area contributed by atoms with Gasteiger partial charge in [-0.05, 0) is 336 Å². The standard InChI is InChI=1S/2C69H52/c1-67(2)59-21-13-11-17-49(59)51-32-29-46(39-62(51)67)64-53-19-9-10-20-54(53)65(47-30-33-52-50-18-12-14-22-60(50)68(3,4)63(52)40-47)58-38-44(28-34-55(58)64)41-23-25-42(26-24-41)45-31-36-61-57(37-45)56-35-27-43-15-7-8-16-48(43)66(56)69(61,5)6;1-67(2)60-35-31-45(38-57(60)66-48-16-8-7-15-43(48)30-36-61(66)67)42-25-23-41(24-26-42)44-27-34-55-56(37-44)65(47-29-33-52-50-18-12-14-22-59(50)69(5,6)63(52)40-47)54-20-10-9-19-53(54)64(55)46-28-32-51-49-17-11-13-21-58(49)68(3,4)62(51)39-46/h2*7-40H,1-6H3. The van der Waals surface area contributed by atoms with E-state index in [1.54, 1.807) is 0 Å². The lowest BCUT2D eigenvalue weighted by molar-refractivity contribution is 0.660. The lowest BCUT2D eigenvalue weighted by Gasteiger charge is -2.24. The second kappa shape index (κ2) is 29.5. The summed E-state index contributed by atoms with van der Waals surface area (Å²) in [6.45, 7) is 28.6. The van der Waals surface area contributed by atoms with E-state index in [0.717, 1.165) is 0 Å². The van der Waals surface area contributed by atoms with Crippen LogP contribution in [0.15, 0.2) is 413 Å². The van der Waals surface area contributed by atoms with Gasteiger partial charge in [-0.3, -0.25) is 0 Å². The van der Waals surface area contributed by atoms with E-state index in [1.165, 1.54) is 287 Å². The molecule has 0 bridgehead atoms. The molecule has 0 fully saturated rings. The second-order valence-corrected chi connectivity index (χ2v) is 43.2. The minimum Gasteiger partial charge on any atom is -0.0619 e. The van der Waals surface area contributed by atoms with Gasteiger partial charge in [0.2, 0.25) is 0 Å². The molecule has 0 saturated heterocycles. The van der Waals surface area contributed by atoms with Crippen LogP contribution >= 0.6 is 0 Å². The summed E-state index contributed by atoms with van der Waals surface area (Å²) in [4.78, 5) is 0. The lowest BCUT2D eigenvalue weighted by atomic mass is 9.79. The maximum atomic E-state index is 2.51. The van der Waals surface area contributed by atoms with Crippen LogP contribution in [0.1, 0.15) is 150 Å². The molecule has 0 heteroatoms. The van der Waals surface area contributed by atoms with Gasteiger partial charge in [-0.15, -0.1) is 0 Å². The predicted molar refractivity (Wildman–Crippen MR) is 587 cm³/mol. The molecule has 0 amide bonds. The maximum Gasteiger partial charge on any atom is 0.0165 e. The maximum absolute atomic E-state index is 2.51. The van der Waals surface area contributed by atoms with E-state index in [1.807, 2.05) is 0 Å². The fourth-order valence-corrected chi connectivity index (χ4v) is 26.6. The van der Waals surface area contributed by atoms with Gasteiger partial charge < -0.3 is 0 Å². The van der Waals surface area contributed by atoms with Gasteiger partial charge in [0.25, 0.3) is 0 Å². The molecule has 6 aliphatic carbocycles. The molecule has 138 heavy (non-hydrogen) atoms. The number of fused-ring (bicyclic) bond motifs is 26. The normalized spacial score (nSPS) is 15.2. The lowest BCUT2D eigenvalue weighted by Crippen LogP contribution is -2.15. The van der Waals surface area contributed by atoms with Crippen LogP contribution in [0.3, 0.4) is 0 Å². The van der Waals surface area contributed by atoms with Gasteiger partial charge in [-0.25, -0.2) is 0 Å². The van der Waals surface area contributed by atoms with E-state index < -0.39 is 0 Å². The third-order valence-corrected chi connectivity index (χ3v) is 33.7. The summed E-state index contributed by atoms with van der Waals surface area (Å²) in [6, 6.07) is 158. The summed E-state index contributed by atoms with van der Waals surface area (Å²) in [6.07, 6.45) is 0. The molecule has 6 aliphatic rings. The molecule has 0 heterocycles. The van der Waals surface area contributed by atoms with Crippen LogP contribution in [0, 0.1) is 0 Å². The fraction of sp³-hybridized carbons (Fsp3) is 0.130. The first-order valence-corrected chi connectivity index (χ1v) is 49.5. The molecule has 0 aromatic heterocycles. The van der Waals surface area contributed by atoms with Crippen molar-refractivity contribution in [1.29, 1.82) is 0 Å². The average molecular weight is 1760 g/mol. The van der Waals surface area contributed by atoms with Gasteiger partial charge in [0, 0.05) is 32.5 Å². The van der Waals surface area contributed by atoms with E-state index in [-0.39, 0.29) is 32.5 Å². The molecule has 0 atom stereocenters. The Bertz CT molecular complexity index is 9090. The summed E-state index contributed by atoms with van der Waals surface area (Å²) in [5, 5.41) is 15.5. The largest absolute Gasteiger partial charge is 0.0619 e. The summed E-state index contributed by atoms with van der Waals surface area (Å²) in [5.41, 5.74) is 52.5. The summed E-state index contributed by atoms with van der Waals surface area (Å²) >= 11 is 0. The summed E-state index contributed by atoms with van der Waals surface area (Å²) in [7, 11) is 0. The smallest absolute Gasteiger partial charge is 0.0165 e. The molecule has 28 rings (SSSR count). The van der Waals surface area contributed by atoms with Gasteiger partial charge >= 0.3 is 0 Å². The van der Waals surface area contributed by atoms with Gasteiger partial charge in [-0.1, -0.05) is 447 Å². The van der Waals surface area contributed by atoms with Crippen molar-refractivity contribution in [2.75, 3.05) is 0 Å². The molecule has 0 spiro atoms. The summed E-state index contributed by atoms with van der Waals surface area (Å²) < 4.78 is 0. The van der Waals surface area contributed by atoms with Gasteiger partial charge in [0.1, 0.15) is 0 Å². The third kappa shape index (κ3) is 11.7. The minimum atomic E-state index is -0.110. The van der Waals surface area contributed by atoms with E-state index in [9.17, 15) is 0 Å². The van der Waals surface area contributed by atoms with Crippen LogP contribution in [0.25, 0.3) is 220 Å². The molecule has 0 saturated carbocycles. The van der Waals surface area contributed by atoms with Gasteiger partial charge in [0.05, 0.1) is 0 Å². The molecule has 0 nitrogen and oxygen atoms in total. The molecule has 22 aromatic carbocycles. The Labute approximate surface area is 809 Å². The van der Waals surface area contributed by atoms with E-state index in [0.29, 0.717) is 0 Å². The molecular weight excluding hydrogens is 1660 g/mol. The highest BCUT2D eigenvalue weighted by Gasteiger charge is 2.43. The molecular formula is C138H104. The highest BCUT2D eigenvalue weighted by molar-refractivity contribution is 6.24. The fourth-order valence-electron chi connectivity index (χ4n) is 26.6. The van der Waals surface area contributed by atoms with Crippen molar-refractivity contribution in [2.45, 2.75) is 116 Å². The SMILES string of the molecule is CC1(C)c2ccccc2-c2ccc(-c3c4ccccc4c(-c4ccc5c(c4)C(C)(C)c4ccccc4-5)c4cc(-c5ccc(-c6ccc7c(c6)-c6c(ccc8ccccc68)C7(C)C)cc5)ccc34)cc21.CC1(C)c2ccccc2-c2ccc(-c3c4ccccc4c(-c4ccc5c(c4)C(C)(C)c4ccccc4-5)c4cc(-c5ccc(-c6ccc7c(c6)-c6ccc8ccccc8c6C7(C)C)cc5)ccc34)cc21. The van der Waals surface area contributed by atoms with Crippen LogP contribution in [-0.4, -0.2) is 0 Å². The predicted octanol–water partition coefficient (Wildman–Crippen LogP) is 37.5. The zero-order valence-corrected chi connectivity index (χ0v) is 80.3. The van der Waals surface area contributed by atoms with Crippen LogP contribution in [-0.2, 0) is 32.5 Å². The zero-order valence-electron chi connectivity index (χ0n) is 80.3. The number of benzene rings is 22. The van der Waals surface area contributed by atoms with Crippen molar-refractivity contribution in [3.8, 4) is 156 Å². The molecule has 0 radical (unpaired) electrons. The van der Waals surface area contributed by atoms with Crippen molar-refractivity contribution in [3.05, 3.63) is 479 Å². The Hall–Kier alpha value is -15.6. The Morgan fingerprint density at radius 2 is 0.355 bits per heavy atom. The Morgan fingerprint density at radius 3 is 0.739 bits per heavy atom. The zero-order chi connectivity index (χ0) is 93.1. The van der Waals surface area contributed by atoms with Crippen molar-refractivity contribution in [1.82, 2.24) is 0 Å². The van der Waals surface area contributed by atoms with Crippen molar-refractivity contribution in [2.24, 2.45) is 0 Å². The third-order valence-electron chi connectivity index (χ3n) is 33.7. The van der Waals surface area contributed by atoms with Crippen LogP contribution < -0.4 is 0 Å². The van der Waals surface area contributed by atoms with Gasteiger partial charge in [-0.2, -0.15) is 0 Å². The minimum absolute atomic E-state index is 0.0544. The summed E-state index contributed by atoms with van der Waals surface area (Å²) in [5.74, 6) is 0. The van der Waals surface area contributed by atoms with Crippen LogP contribution in [0.5, 0.6) is 0 Å². The topological polar surface area (TPSA) is 0 Å². The molecule has 656 valence electrons. The number of rotatable bonds is 8. The Balaban J connectivity index is 0.000000139. The average Bonchev–Trinajstić information content (AvgIpc) is 1.46. The van der Waals surface area contributed by atoms with E-state index in [2.05, 4.69) is 496 Å². The van der Waals surface area contributed by atoms with Crippen molar-refractivity contribution in [3.63, 3.8) is 0 Å². The highest BCUT2D eigenvalue weighted by atomic mass is 14.5. The quantitative estimate of drug-likeness (QED) is 0.133. The first-order valence-electron chi connectivity index (χ1n) is 49.5. The van der Waals surface area contributed by atoms with Crippen LogP contribution in [0.4, 0.5) is 0 Å². The van der Waals surface area contributed by atoms with Gasteiger partial charge in [0.15, 0.2) is 0 Å².